The van der Waals surface area contributed by atoms with Crippen LogP contribution >= 0.6 is 23.2 Å². The largest absolute Gasteiger partial charge is 0.357 e. The number of carbonyl (C=O) groups excluding carboxylic acids is 1. The number of anilines is 1. The summed E-state index contributed by atoms with van der Waals surface area (Å²) in [5, 5.41) is 4.35. The van der Waals surface area contributed by atoms with Gasteiger partial charge in [0.25, 0.3) is 0 Å². The summed E-state index contributed by atoms with van der Waals surface area (Å²) in [6.45, 7) is 2.92. The van der Waals surface area contributed by atoms with Crippen LogP contribution in [0.4, 0.5) is 5.69 Å². The van der Waals surface area contributed by atoms with Gasteiger partial charge in [-0.3, -0.25) is 9.69 Å². The molecule has 5 heteroatoms. The van der Waals surface area contributed by atoms with Gasteiger partial charge >= 0.3 is 0 Å². The van der Waals surface area contributed by atoms with Gasteiger partial charge in [-0.25, -0.2) is 0 Å². The van der Waals surface area contributed by atoms with Gasteiger partial charge in [-0.2, -0.15) is 0 Å². The molecule has 0 atom stereocenters. The molecule has 1 aromatic rings. The van der Waals surface area contributed by atoms with Crippen LogP contribution in [0.5, 0.6) is 0 Å². The lowest BCUT2D eigenvalue weighted by Crippen LogP contribution is -2.24. The van der Waals surface area contributed by atoms with Gasteiger partial charge < -0.3 is 5.32 Å². The number of hydrogen-bond acceptors (Lipinski definition) is 3. The van der Waals surface area contributed by atoms with E-state index in [0.717, 1.165) is 43.0 Å². The lowest BCUT2D eigenvalue weighted by Gasteiger charge is -2.17. The van der Waals surface area contributed by atoms with Crippen LogP contribution in [-0.4, -0.2) is 30.3 Å². The Morgan fingerprint density at radius 1 is 1.14 bits per heavy atom. The van der Waals surface area contributed by atoms with E-state index < -0.39 is 0 Å². The fourth-order valence-electron chi connectivity index (χ4n) is 2.96. The van der Waals surface area contributed by atoms with E-state index in [4.69, 9.17) is 23.2 Å². The highest BCUT2D eigenvalue weighted by atomic mass is 35.5. The van der Waals surface area contributed by atoms with Crippen molar-refractivity contribution in [3.63, 3.8) is 0 Å². The second kappa shape index (κ2) is 6.39. The lowest BCUT2D eigenvalue weighted by molar-refractivity contribution is -0.115. The third kappa shape index (κ3) is 3.25. The van der Waals surface area contributed by atoms with Crippen molar-refractivity contribution in [2.24, 2.45) is 0 Å². The van der Waals surface area contributed by atoms with Crippen LogP contribution in [0.25, 0.3) is 0 Å². The second-order valence-electron chi connectivity index (χ2n) is 5.59. The molecular weight excluding hydrogens is 307 g/mol. The first-order valence-electron chi connectivity index (χ1n) is 7.34. The fraction of sp³-hybridized carbons (Fsp3) is 0.438. The third-order valence-electron chi connectivity index (χ3n) is 4.12. The van der Waals surface area contributed by atoms with E-state index in [9.17, 15) is 4.79 Å². The topological polar surface area (TPSA) is 32.3 Å². The number of halogens is 2. The number of Topliss-reactive ketones (excluding diaryl/α,β-unsaturated/α-hetero) is 1. The Balaban J connectivity index is 1.82. The summed E-state index contributed by atoms with van der Waals surface area (Å²) in [5.74, 6) is 0.252. The highest BCUT2D eigenvalue weighted by Crippen LogP contribution is 2.33. The number of nitrogens with zero attached hydrogens (tertiary/aromatic N) is 1. The Bertz CT molecular complexity index is 592. The van der Waals surface area contributed by atoms with Crippen molar-refractivity contribution in [3.8, 4) is 0 Å². The Morgan fingerprint density at radius 3 is 2.67 bits per heavy atom. The summed E-state index contributed by atoms with van der Waals surface area (Å²) in [4.78, 5) is 14.5. The van der Waals surface area contributed by atoms with Crippen LogP contribution in [0.2, 0.25) is 10.0 Å². The molecule has 0 aromatic heterocycles. The normalized spacial score (nSPS) is 19.6. The zero-order chi connectivity index (χ0) is 14.8. The Labute approximate surface area is 134 Å². The number of benzene rings is 1. The first-order valence-corrected chi connectivity index (χ1v) is 8.09. The maximum atomic E-state index is 12.1. The van der Waals surface area contributed by atoms with Crippen LogP contribution in [0.1, 0.15) is 25.7 Å². The molecule has 1 aliphatic carbocycles. The molecule has 1 saturated heterocycles. The van der Waals surface area contributed by atoms with Gasteiger partial charge in [-0.1, -0.05) is 29.3 Å². The Hall–Kier alpha value is -1.03. The number of hydrogen-bond donors (Lipinski definition) is 1. The average Bonchev–Trinajstić information content (AvgIpc) is 3.09. The number of nitrogens with one attached hydrogen (secondary N) is 1. The van der Waals surface area contributed by atoms with Crippen LogP contribution in [0.3, 0.4) is 0 Å². The van der Waals surface area contributed by atoms with E-state index in [-0.39, 0.29) is 5.78 Å². The van der Waals surface area contributed by atoms with Crippen LogP contribution in [0.15, 0.2) is 29.5 Å². The number of ketones is 1. The highest BCUT2D eigenvalue weighted by molar-refractivity contribution is 6.43. The van der Waals surface area contributed by atoms with Crippen LogP contribution < -0.4 is 5.32 Å². The van der Waals surface area contributed by atoms with E-state index in [1.807, 2.05) is 12.1 Å². The molecule has 3 rings (SSSR count). The number of carbonyl (C=O) groups is 1. The summed E-state index contributed by atoms with van der Waals surface area (Å²) in [7, 11) is 0. The van der Waals surface area contributed by atoms with Crippen LogP contribution in [0, 0.1) is 0 Å². The summed E-state index contributed by atoms with van der Waals surface area (Å²) in [5.41, 5.74) is 2.68. The minimum atomic E-state index is 0.252. The molecule has 1 aliphatic heterocycles. The summed E-state index contributed by atoms with van der Waals surface area (Å²) in [6, 6.07) is 5.50. The SMILES string of the molecule is O=C1CCC(Nc2cccc(Cl)c2Cl)=C1CN1CCCC1. The molecule has 0 spiro atoms. The fourth-order valence-corrected chi connectivity index (χ4v) is 3.31. The average molecular weight is 325 g/mol. The molecule has 21 heavy (non-hydrogen) atoms. The standard InChI is InChI=1S/C16H18Cl2N2O/c17-12-4-3-5-14(16(12)18)19-13-6-7-15(21)11(13)10-20-8-1-2-9-20/h3-5,19H,1-2,6-10H2. The molecule has 2 aliphatic rings. The lowest BCUT2D eigenvalue weighted by atomic mass is 10.2. The molecule has 0 radical (unpaired) electrons. The molecule has 0 bridgehead atoms. The predicted octanol–water partition coefficient (Wildman–Crippen LogP) is 4.12. The van der Waals surface area contributed by atoms with Gasteiger partial charge in [-0.15, -0.1) is 0 Å². The van der Waals surface area contributed by atoms with Crippen molar-refractivity contribution in [3.05, 3.63) is 39.5 Å². The maximum absolute atomic E-state index is 12.1. The van der Waals surface area contributed by atoms with E-state index in [1.165, 1.54) is 12.8 Å². The summed E-state index contributed by atoms with van der Waals surface area (Å²) >= 11 is 12.3. The van der Waals surface area contributed by atoms with Gasteiger partial charge in [-0.05, 0) is 44.5 Å². The number of allylic oxidation sites excluding steroid dienone is 1. The van der Waals surface area contributed by atoms with Crippen LogP contribution in [-0.2, 0) is 4.79 Å². The quantitative estimate of drug-likeness (QED) is 0.904. The Kier molecular flexibility index (Phi) is 4.53. The van der Waals surface area contributed by atoms with Crippen molar-refractivity contribution in [2.45, 2.75) is 25.7 Å². The minimum Gasteiger partial charge on any atom is -0.357 e. The zero-order valence-corrected chi connectivity index (χ0v) is 13.3. The van der Waals surface area contributed by atoms with Gasteiger partial charge in [0.15, 0.2) is 5.78 Å². The molecular formula is C16H18Cl2N2O. The van der Waals surface area contributed by atoms with Crippen molar-refractivity contribution in [1.29, 1.82) is 0 Å². The molecule has 0 saturated carbocycles. The van der Waals surface area contributed by atoms with Crippen molar-refractivity contribution in [2.75, 3.05) is 25.0 Å². The first kappa shape index (κ1) is 14.9. The molecule has 0 unspecified atom stereocenters. The van der Waals surface area contributed by atoms with Gasteiger partial charge in [0.05, 0.1) is 15.7 Å². The Morgan fingerprint density at radius 2 is 1.90 bits per heavy atom. The van der Waals surface area contributed by atoms with Gasteiger partial charge in [0.2, 0.25) is 0 Å². The third-order valence-corrected chi connectivity index (χ3v) is 4.94. The maximum Gasteiger partial charge on any atom is 0.162 e. The minimum absolute atomic E-state index is 0.252. The highest BCUT2D eigenvalue weighted by Gasteiger charge is 2.26. The summed E-state index contributed by atoms with van der Waals surface area (Å²) < 4.78 is 0. The predicted molar refractivity (Wildman–Crippen MR) is 87.0 cm³/mol. The molecule has 3 nitrogen and oxygen atoms in total. The molecule has 112 valence electrons. The zero-order valence-electron chi connectivity index (χ0n) is 11.8. The first-order chi connectivity index (χ1) is 10.1. The molecule has 1 N–H and O–H groups in total. The molecule has 1 aromatic carbocycles. The van der Waals surface area contributed by atoms with Crippen molar-refractivity contribution >= 4 is 34.7 Å². The second-order valence-corrected chi connectivity index (χ2v) is 6.38. The molecule has 1 heterocycles. The number of likely N-dealkylation sites (tertiary alicyclic amines) is 1. The monoisotopic (exact) mass is 324 g/mol. The van der Waals surface area contributed by atoms with E-state index in [1.54, 1.807) is 6.07 Å². The van der Waals surface area contributed by atoms with Gasteiger partial charge in [0.1, 0.15) is 0 Å². The number of rotatable bonds is 4. The molecule has 0 amide bonds. The smallest absolute Gasteiger partial charge is 0.162 e. The van der Waals surface area contributed by atoms with E-state index in [0.29, 0.717) is 16.5 Å². The van der Waals surface area contributed by atoms with Crippen molar-refractivity contribution < 1.29 is 4.79 Å². The van der Waals surface area contributed by atoms with E-state index in [2.05, 4.69) is 10.2 Å². The molecule has 1 fully saturated rings. The summed E-state index contributed by atoms with van der Waals surface area (Å²) in [6.07, 6.45) is 3.79. The van der Waals surface area contributed by atoms with Gasteiger partial charge in [0, 0.05) is 24.2 Å². The van der Waals surface area contributed by atoms with E-state index >= 15 is 0 Å². The van der Waals surface area contributed by atoms with Crippen molar-refractivity contribution in [1.82, 2.24) is 4.90 Å².